The largest absolute Gasteiger partial charge is 0.476 e. The lowest BCUT2D eigenvalue weighted by molar-refractivity contribution is -0.128. The third-order valence-electron chi connectivity index (χ3n) is 3.62. The Bertz CT molecular complexity index is 808. The summed E-state index contributed by atoms with van der Waals surface area (Å²) in [4.78, 5) is 16.7. The molecule has 1 N–H and O–H groups in total. The van der Waals surface area contributed by atoms with E-state index in [9.17, 15) is 4.79 Å². The molecule has 126 valence electrons. The van der Waals surface area contributed by atoms with Crippen LogP contribution in [0.5, 0.6) is 5.75 Å². The van der Waals surface area contributed by atoms with Gasteiger partial charge in [-0.3, -0.25) is 9.78 Å². The van der Waals surface area contributed by atoms with E-state index in [0.717, 1.165) is 15.6 Å². The first-order chi connectivity index (χ1) is 12.2. The molecule has 4 nitrogen and oxygen atoms in total. The van der Waals surface area contributed by atoms with Crippen molar-refractivity contribution in [1.29, 1.82) is 0 Å². The highest BCUT2D eigenvalue weighted by molar-refractivity contribution is 9.10. The third kappa shape index (κ3) is 4.90. The average Bonchev–Trinajstić information content (AvgIpc) is 2.67. The molecule has 0 spiro atoms. The number of pyridine rings is 1. The Hall–Kier alpha value is -2.66. The van der Waals surface area contributed by atoms with Crippen LogP contribution in [0, 0.1) is 0 Å². The summed E-state index contributed by atoms with van der Waals surface area (Å²) in [6.07, 6.45) is 2.69. The maximum absolute atomic E-state index is 12.7. The lowest BCUT2D eigenvalue weighted by Gasteiger charge is -2.19. The van der Waals surface area contributed by atoms with E-state index in [1.807, 2.05) is 66.7 Å². The van der Waals surface area contributed by atoms with Crippen LogP contribution in [0.4, 0.5) is 0 Å². The van der Waals surface area contributed by atoms with Gasteiger partial charge in [-0.05, 0) is 42.0 Å². The predicted octanol–water partition coefficient (Wildman–Crippen LogP) is 4.28. The van der Waals surface area contributed by atoms with Gasteiger partial charge in [0, 0.05) is 29.0 Å². The van der Waals surface area contributed by atoms with Gasteiger partial charge < -0.3 is 10.1 Å². The lowest BCUT2D eigenvalue weighted by Crippen LogP contribution is -2.32. The zero-order valence-corrected chi connectivity index (χ0v) is 15.0. The number of ether oxygens (including phenoxy) is 1. The maximum atomic E-state index is 12.7. The number of nitrogens with one attached hydrogen (secondary N) is 1. The number of benzene rings is 2. The SMILES string of the molecule is O=C(NCc1ccncc1)C(Oc1ccc(Br)cc1)c1ccccc1. The molecule has 1 aromatic heterocycles. The van der Waals surface area contributed by atoms with Gasteiger partial charge in [-0.25, -0.2) is 0 Å². The third-order valence-corrected chi connectivity index (χ3v) is 4.15. The number of hydrogen-bond donors (Lipinski definition) is 1. The van der Waals surface area contributed by atoms with Crippen molar-refractivity contribution in [3.63, 3.8) is 0 Å². The molecule has 0 saturated heterocycles. The van der Waals surface area contributed by atoms with Gasteiger partial charge in [0.25, 0.3) is 5.91 Å². The Labute approximate surface area is 155 Å². The van der Waals surface area contributed by atoms with Crippen LogP contribution < -0.4 is 10.1 Å². The first kappa shape index (κ1) is 17.2. The van der Waals surface area contributed by atoms with Gasteiger partial charge in [-0.1, -0.05) is 46.3 Å². The first-order valence-electron chi connectivity index (χ1n) is 7.86. The standard InChI is InChI=1S/C20H17BrN2O2/c21-17-6-8-18(9-7-17)25-19(16-4-2-1-3-5-16)20(24)23-14-15-10-12-22-13-11-15/h1-13,19H,14H2,(H,23,24). The van der Waals surface area contributed by atoms with Gasteiger partial charge in [0.05, 0.1) is 0 Å². The summed E-state index contributed by atoms with van der Waals surface area (Å²) in [5.41, 5.74) is 1.79. The van der Waals surface area contributed by atoms with Gasteiger partial charge in [0.15, 0.2) is 0 Å². The molecule has 25 heavy (non-hydrogen) atoms. The Morgan fingerprint density at radius 1 is 1.00 bits per heavy atom. The van der Waals surface area contributed by atoms with Crippen LogP contribution in [-0.4, -0.2) is 10.9 Å². The zero-order chi connectivity index (χ0) is 17.5. The molecule has 5 heteroatoms. The Morgan fingerprint density at radius 3 is 2.36 bits per heavy atom. The average molecular weight is 397 g/mol. The molecule has 0 fully saturated rings. The fourth-order valence-corrected chi connectivity index (χ4v) is 2.60. The normalized spacial score (nSPS) is 11.6. The van der Waals surface area contributed by atoms with Gasteiger partial charge in [-0.2, -0.15) is 0 Å². The Morgan fingerprint density at radius 2 is 1.68 bits per heavy atom. The lowest BCUT2D eigenvalue weighted by atomic mass is 10.1. The molecule has 0 saturated carbocycles. The molecule has 0 aliphatic rings. The molecule has 1 atom stereocenters. The summed E-state index contributed by atoms with van der Waals surface area (Å²) in [6, 6.07) is 20.6. The topological polar surface area (TPSA) is 51.2 Å². The van der Waals surface area contributed by atoms with Gasteiger partial charge >= 0.3 is 0 Å². The predicted molar refractivity (Wildman–Crippen MR) is 100 cm³/mol. The molecule has 1 amide bonds. The molecule has 0 bridgehead atoms. The second-order valence-corrected chi connectivity index (χ2v) is 6.35. The van der Waals surface area contributed by atoms with E-state index in [-0.39, 0.29) is 5.91 Å². The summed E-state index contributed by atoms with van der Waals surface area (Å²) in [6.45, 7) is 0.425. The van der Waals surface area contributed by atoms with E-state index in [0.29, 0.717) is 12.3 Å². The van der Waals surface area contributed by atoms with Crippen molar-refractivity contribution >= 4 is 21.8 Å². The van der Waals surface area contributed by atoms with Crippen LogP contribution in [0.3, 0.4) is 0 Å². The van der Waals surface area contributed by atoms with E-state index in [1.54, 1.807) is 12.4 Å². The summed E-state index contributed by atoms with van der Waals surface area (Å²) in [7, 11) is 0. The number of aromatic nitrogens is 1. The minimum Gasteiger partial charge on any atom is -0.476 e. The van der Waals surface area contributed by atoms with Crippen molar-refractivity contribution in [2.75, 3.05) is 0 Å². The molecule has 3 rings (SSSR count). The highest BCUT2D eigenvalue weighted by Gasteiger charge is 2.22. The molecule has 0 radical (unpaired) electrons. The molecular weight excluding hydrogens is 380 g/mol. The molecule has 1 unspecified atom stereocenters. The monoisotopic (exact) mass is 396 g/mol. The van der Waals surface area contributed by atoms with E-state index in [2.05, 4.69) is 26.2 Å². The van der Waals surface area contributed by atoms with Gasteiger partial charge in [0.1, 0.15) is 5.75 Å². The number of nitrogens with zero attached hydrogens (tertiary/aromatic N) is 1. The van der Waals surface area contributed by atoms with E-state index in [1.165, 1.54) is 0 Å². The summed E-state index contributed by atoms with van der Waals surface area (Å²) in [5, 5.41) is 2.93. The van der Waals surface area contributed by atoms with Gasteiger partial charge in [0.2, 0.25) is 6.10 Å². The Kier molecular flexibility index (Phi) is 5.80. The van der Waals surface area contributed by atoms with Gasteiger partial charge in [-0.15, -0.1) is 0 Å². The van der Waals surface area contributed by atoms with Crippen molar-refractivity contribution in [3.8, 4) is 5.75 Å². The minimum absolute atomic E-state index is 0.189. The molecule has 0 aliphatic heterocycles. The second-order valence-electron chi connectivity index (χ2n) is 5.44. The van der Waals surface area contributed by atoms with Crippen LogP contribution in [0.25, 0.3) is 0 Å². The second kappa shape index (κ2) is 8.44. The van der Waals surface area contributed by atoms with Crippen LogP contribution in [-0.2, 0) is 11.3 Å². The number of halogens is 1. The van der Waals surface area contributed by atoms with E-state index >= 15 is 0 Å². The van der Waals surface area contributed by atoms with Crippen LogP contribution in [0.1, 0.15) is 17.2 Å². The molecule has 3 aromatic rings. The molecule has 1 heterocycles. The van der Waals surface area contributed by atoms with Crippen molar-refractivity contribution in [2.45, 2.75) is 12.6 Å². The summed E-state index contributed by atoms with van der Waals surface area (Å²) < 4.78 is 6.92. The van der Waals surface area contributed by atoms with E-state index in [4.69, 9.17) is 4.74 Å². The number of carbonyl (C=O) groups is 1. The zero-order valence-electron chi connectivity index (χ0n) is 13.4. The number of carbonyl (C=O) groups excluding carboxylic acids is 1. The summed E-state index contributed by atoms with van der Waals surface area (Å²) >= 11 is 3.40. The van der Waals surface area contributed by atoms with Crippen molar-refractivity contribution in [3.05, 3.63) is 94.7 Å². The molecular formula is C20H17BrN2O2. The van der Waals surface area contributed by atoms with Crippen molar-refractivity contribution in [1.82, 2.24) is 10.3 Å². The van der Waals surface area contributed by atoms with Crippen LogP contribution in [0.15, 0.2) is 83.6 Å². The number of rotatable bonds is 6. The van der Waals surface area contributed by atoms with Crippen molar-refractivity contribution in [2.24, 2.45) is 0 Å². The fourth-order valence-electron chi connectivity index (χ4n) is 2.33. The smallest absolute Gasteiger partial charge is 0.266 e. The maximum Gasteiger partial charge on any atom is 0.266 e. The van der Waals surface area contributed by atoms with E-state index < -0.39 is 6.10 Å². The molecule has 2 aromatic carbocycles. The fraction of sp³-hybridized carbons (Fsp3) is 0.100. The van der Waals surface area contributed by atoms with Crippen molar-refractivity contribution < 1.29 is 9.53 Å². The van der Waals surface area contributed by atoms with Crippen LogP contribution in [0.2, 0.25) is 0 Å². The first-order valence-corrected chi connectivity index (χ1v) is 8.65. The summed E-state index contributed by atoms with van der Waals surface area (Å²) in [5.74, 6) is 0.446. The number of hydrogen-bond acceptors (Lipinski definition) is 3. The minimum atomic E-state index is -0.718. The van der Waals surface area contributed by atoms with Crippen LogP contribution >= 0.6 is 15.9 Å². The molecule has 0 aliphatic carbocycles. The highest BCUT2D eigenvalue weighted by atomic mass is 79.9. The number of amides is 1. The quantitative estimate of drug-likeness (QED) is 0.676. The Balaban J connectivity index is 1.76. The highest BCUT2D eigenvalue weighted by Crippen LogP contribution is 2.24.